The molecule has 1 aliphatic heterocycles. The van der Waals surface area contributed by atoms with Crippen molar-refractivity contribution in [3.8, 4) is 0 Å². The second kappa shape index (κ2) is 6.91. The van der Waals surface area contributed by atoms with Gasteiger partial charge in [0.15, 0.2) is 0 Å². The van der Waals surface area contributed by atoms with Gasteiger partial charge in [-0.3, -0.25) is 0 Å². The van der Waals surface area contributed by atoms with Crippen molar-refractivity contribution in [2.75, 3.05) is 19.8 Å². The molecule has 3 N–H and O–H groups in total. The Kier molecular flexibility index (Phi) is 5.22. The fourth-order valence-electron chi connectivity index (χ4n) is 2.77. The van der Waals surface area contributed by atoms with Crippen LogP contribution in [0.15, 0.2) is 12.2 Å². The average Bonchev–Trinajstić information content (AvgIpc) is 2.87. The minimum atomic E-state index is -0.118. The Bertz CT molecular complexity index is 327. The Labute approximate surface area is 114 Å². The molecule has 5 nitrogen and oxygen atoms in total. The Morgan fingerprint density at radius 2 is 2.16 bits per heavy atom. The van der Waals surface area contributed by atoms with Crippen molar-refractivity contribution in [3.05, 3.63) is 12.2 Å². The summed E-state index contributed by atoms with van der Waals surface area (Å²) in [6, 6.07) is 0.0918. The van der Waals surface area contributed by atoms with Crippen molar-refractivity contribution in [2.45, 2.75) is 38.3 Å². The highest BCUT2D eigenvalue weighted by Gasteiger charge is 2.24. The maximum atomic E-state index is 11.9. The maximum absolute atomic E-state index is 11.9. The second-order valence-electron chi connectivity index (χ2n) is 5.53. The van der Waals surface area contributed by atoms with Crippen LogP contribution in [0.5, 0.6) is 0 Å². The van der Waals surface area contributed by atoms with Crippen molar-refractivity contribution < 1.29 is 14.6 Å². The molecule has 0 saturated carbocycles. The summed E-state index contributed by atoms with van der Waals surface area (Å²) < 4.78 is 5.33. The summed E-state index contributed by atoms with van der Waals surface area (Å²) in [5.74, 6) is 0.682. The molecule has 0 aromatic carbocycles. The fourth-order valence-corrected chi connectivity index (χ4v) is 2.77. The Morgan fingerprint density at radius 3 is 2.79 bits per heavy atom. The fraction of sp³-hybridized carbons (Fsp3) is 0.786. The molecule has 1 unspecified atom stereocenters. The first kappa shape index (κ1) is 14.3. The Balaban J connectivity index is 1.70. The summed E-state index contributed by atoms with van der Waals surface area (Å²) in [4.78, 5) is 11.9. The molecule has 1 aliphatic carbocycles. The highest BCUT2D eigenvalue weighted by atomic mass is 16.5. The van der Waals surface area contributed by atoms with Crippen LogP contribution in [0.2, 0.25) is 0 Å². The monoisotopic (exact) mass is 268 g/mol. The van der Waals surface area contributed by atoms with Gasteiger partial charge in [-0.1, -0.05) is 12.2 Å². The zero-order chi connectivity index (χ0) is 13.7. The molecule has 0 spiro atoms. The van der Waals surface area contributed by atoms with Gasteiger partial charge in [-0.25, -0.2) is 4.79 Å². The maximum Gasteiger partial charge on any atom is 0.315 e. The lowest BCUT2D eigenvalue weighted by Gasteiger charge is -2.28. The molecule has 1 saturated heterocycles. The van der Waals surface area contributed by atoms with Crippen LogP contribution in [0, 0.1) is 11.8 Å². The van der Waals surface area contributed by atoms with Gasteiger partial charge in [0.25, 0.3) is 0 Å². The summed E-state index contributed by atoms with van der Waals surface area (Å²) in [5.41, 5.74) is 0. The number of ether oxygens (including phenoxy) is 1. The third-order valence-electron chi connectivity index (χ3n) is 4.06. The van der Waals surface area contributed by atoms with E-state index in [2.05, 4.69) is 17.6 Å². The minimum Gasteiger partial charge on any atom is -0.396 e. The largest absolute Gasteiger partial charge is 0.396 e. The summed E-state index contributed by atoms with van der Waals surface area (Å²) >= 11 is 0. The summed E-state index contributed by atoms with van der Waals surface area (Å²) in [7, 11) is 0. The summed E-state index contributed by atoms with van der Waals surface area (Å²) in [6.45, 7) is 3.79. The molecule has 0 aromatic rings. The molecule has 1 heterocycles. The van der Waals surface area contributed by atoms with Gasteiger partial charge in [-0.05, 0) is 32.1 Å². The lowest BCUT2D eigenvalue weighted by Crippen LogP contribution is -2.47. The van der Waals surface area contributed by atoms with Crippen LogP contribution in [0.3, 0.4) is 0 Å². The van der Waals surface area contributed by atoms with Crippen molar-refractivity contribution in [3.63, 3.8) is 0 Å². The van der Waals surface area contributed by atoms with Gasteiger partial charge in [0.05, 0.1) is 0 Å². The minimum absolute atomic E-state index is 0.0408. The SMILES string of the molecule is CC(NC(=O)N[C@@H]1C=C[C@H](CO)C1)C1CCOCC1. The van der Waals surface area contributed by atoms with Crippen molar-refractivity contribution in [2.24, 2.45) is 11.8 Å². The van der Waals surface area contributed by atoms with E-state index in [1.165, 1.54) is 0 Å². The first-order valence-corrected chi connectivity index (χ1v) is 7.13. The summed E-state index contributed by atoms with van der Waals surface area (Å²) in [6.07, 6.45) is 6.73. The van der Waals surface area contributed by atoms with Crippen LogP contribution in [-0.2, 0) is 4.74 Å². The third kappa shape index (κ3) is 4.21. The van der Waals surface area contributed by atoms with Crippen LogP contribution in [0.25, 0.3) is 0 Å². The lowest BCUT2D eigenvalue weighted by atomic mass is 9.93. The molecule has 3 atom stereocenters. The van der Waals surface area contributed by atoms with Crippen LogP contribution < -0.4 is 10.6 Å². The standard InChI is InChI=1S/C14H24N2O3/c1-10(12-4-6-19-7-5-12)15-14(18)16-13-3-2-11(8-13)9-17/h2-3,10-13,17H,4-9H2,1H3,(H2,15,16,18)/t10?,11-,13+/m0/s1. The summed E-state index contributed by atoms with van der Waals surface area (Å²) in [5, 5.41) is 15.0. The normalized spacial score (nSPS) is 29.2. The Hall–Kier alpha value is -1.07. The van der Waals surface area contributed by atoms with Crippen LogP contribution in [0.4, 0.5) is 4.79 Å². The molecule has 1 fully saturated rings. The highest BCUT2D eigenvalue weighted by molar-refractivity contribution is 5.74. The van der Waals surface area contributed by atoms with E-state index in [4.69, 9.17) is 9.84 Å². The number of carbonyl (C=O) groups is 1. The van der Waals surface area contributed by atoms with Gasteiger partial charge in [-0.2, -0.15) is 0 Å². The number of nitrogens with one attached hydrogen (secondary N) is 2. The zero-order valence-electron chi connectivity index (χ0n) is 11.5. The number of carbonyl (C=O) groups excluding carboxylic acids is 1. The van der Waals surface area contributed by atoms with E-state index < -0.39 is 0 Å². The van der Waals surface area contributed by atoms with Gasteiger partial charge in [0.2, 0.25) is 0 Å². The molecule has 2 aliphatic rings. The van der Waals surface area contributed by atoms with E-state index in [0.717, 1.165) is 32.5 Å². The molecule has 0 aromatic heterocycles. The molecular weight excluding hydrogens is 244 g/mol. The molecule has 0 radical (unpaired) electrons. The van der Waals surface area contributed by atoms with Gasteiger partial charge in [0, 0.05) is 37.8 Å². The van der Waals surface area contributed by atoms with E-state index in [1.807, 2.05) is 12.2 Å². The second-order valence-corrected chi connectivity index (χ2v) is 5.53. The number of hydrogen-bond acceptors (Lipinski definition) is 3. The predicted octanol–water partition coefficient (Wildman–Crippen LogP) is 1.04. The lowest BCUT2D eigenvalue weighted by molar-refractivity contribution is 0.0570. The van der Waals surface area contributed by atoms with Crippen molar-refractivity contribution in [1.82, 2.24) is 10.6 Å². The predicted molar refractivity (Wildman–Crippen MR) is 72.8 cm³/mol. The molecule has 0 bridgehead atoms. The Morgan fingerprint density at radius 1 is 1.42 bits per heavy atom. The van der Waals surface area contributed by atoms with Gasteiger partial charge < -0.3 is 20.5 Å². The molecular formula is C14H24N2O3. The number of urea groups is 1. The van der Waals surface area contributed by atoms with E-state index in [9.17, 15) is 4.79 Å². The number of hydrogen-bond donors (Lipinski definition) is 3. The van der Waals surface area contributed by atoms with Gasteiger partial charge in [0.1, 0.15) is 0 Å². The third-order valence-corrected chi connectivity index (χ3v) is 4.06. The topological polar surface area (TPSA) is 70.6 Å². The number of rotatable bonds is 4. The number of aliphatic hydroxyl groups is 1. The van der Waals surface area contributed by atoms with E-state index >= 15 is 0 Å². The van der Waals surface area contributed by atoms with Crippen LogP contribution >= 0.6 is 0 Å². The number of amides is 2. The van der Waals surface area contributed by atoms with Crippen molar-refractivity contribution in [1.29, 1.82) is 0 Å². The first-order chi connectivity index (χ1) is 9.19. The van der Waals surface area contributed by atoms with Crippen LogP contribution in [-0.4, -0.2) is 43.0 Å². The smallest absolute Gasteiger partial charge is 0.315 e. The van der Waals surface area contributed by atoms with E-state index in [-0.39, 0.29) is 30.6 Å². The van der Waals surface area contributed by atoms with Gasteiger partial charge >= 0.3 is 6.03 Å². The van der Waals surface area contributed by atoms with E-state index in [1.54, 1.807) is 0 Å². The highest BCUT2D eigenvalue weighted by Crippen LogP contribution is 2.19. The first-order valence-electron chi connectivity index (χ1n) is 7.13. The average molecular weight is 268 g/mol. The molecule has 2 rings (SSSR count). The van der Waals surface area contributed by atoms with E-state index in [0.29, 0.717) is 5.92 Å². The molecule has 2 amide bonds. The van der Waals surface area contributed by atoms with Crippen LogP contribution in [0.1, 0.15) is 26.2 Å². The molecule has 5 heteroatoms. The molecule has 108 valence electrons. The zero-order valence-corrected chi connectivity index (χ0v) is 11.5. The van der Waals surface area contributed by atoms with Crippen molar-refractivity contribution >= 4 is 6.03 Å². The van der Waals surface area contributed by atoms with Gasteiger partial charge in [-0.15, -0.1) is 0 Å². The number of aliphatic hydroxyl groups excluding tert-OH is 1. The quantitative estimate of drug-likeness (QED) is 0.667. The molecule has 19 heavy (non-hydrogen) atoms.